The zero-order chi connectivity index (χ0) is 19.6. The van der Waals surface area contributed by atoms with Crippen molar-refractivity contribution in [3.63, 3.8) is 0 Å². The molecular weight excluding hydrogens is 348 g/mol. The highest BCUT2D eigenvalue weighted by atomic mass is 16.3. The van der Waals surface area contributed by atoms with Crippen molar-refractivity contribution in [2.24, 2.45) is 16.0 Å². The summed E-state index contributed by atoms with van der Waals surface area (Å²) >= 11 is 0. The Labute approximate surface area is 157 Å². The second kappa shape index (κ2) is 7.65. The molecule has 2 atom stereocenters. The van der Waals surface area contributed by atoms with E-state index in [9.17, 15) is 14.7 Å². The fourth-order valence-corrected chi connectivity index (χ4v) is 3.03. The van der Waals surface area contributed by atoms with Crippen molar-refractivity contribution in [3.05, 3.63) is 29.8 Å². The number of rotatable bonds is 5. The number of guanidine groups is 1. The zero-order valence-corrected chi connectivity index (χ0v) is 15.6. The van der Waals surface area contributed by atoms with Crippen LogP contribution in [0.5, 0.6) is 5.75 Å². The molecule has 2 aliphatic heterocycles. The Kier molecular flexibility index (Phi) is 5.29. The Balaban J connectivity index is 1.79. The minimum atomic E-state index is -0.586. The van der Waals surface area contributed by atoms with E-state index in [0.29, 0.717) is 18.4 Å². The van der Waals surface area contributed by atoms with Crippen LogP contribution in [0.3, 0.4) is 0 Å². The molecule has 2 heterocycles. The van der Waals surface area contributed by atoms with Crippen molar-refractivity contribution < 1.29 is 14.7 Å². The second-order valence-corrected chi connectivity index (χ2v) is 7.06. The highest BCUT2D eigenvalue weighted by Gasteiger charge is 2.48. The summed E-state index contributed by atoms with van der Waals surface area (Å²) in [7, 11) is 1.61. The molecule has 2 unspecified atom stereocenters. The molecule has 2 aliphatic rings. The number of fused-ring (bicyclic) bond motifs is 1. The van der Waals surface area contributed by atoms with Crippen LogP contribution >= 0.6 is 0 Å². The smallest absolute Gasteiger partial charge is 0.325 e. The lowest BCUT2D eigenvalue weighted by Gasteiger charge is -2.36. The van der Waals surface area contributed by atoms with Crippen molar-refractivity contribution in [3.8, 4) is 5.75 Å². The Bertz CT molecular complexity index is 791. The van der Waals surface area contributed by atoms with Crippen LogP contribution in [-0.4, -0.2) is 64.8 Å². The third-order valence-electron chi connectivity index (χ3n) is 4.56. The quantitative estimate of drug-likeness (QED) is 0.526. The number of nitrogens with zero attached hydrogens (tertiary/aromatic N) is 4. The monoisotopic (exact) mass is 372 g/mol. The molecule has 27 heavy (non-hydrogen) atoms. The Hall–Kier alpha value is -3.10. The summed E-state index contributed by atoms with van der Waals surface area (Å²) in [6, 6.07) is 5.65. The minimum absolute atomic E-state index is 0.151. The van der Waals surface area contributed by atoms with Crippen LogP contribution in [0.15, 0.2) is 34.4 Å². The molecule has 3 rings (SSSR count). The number of phenols is 1. The van der Waals surface area contributed by atoms with Gasteiger partial charge < -0.3 is 14.9 Å². The summed E-state index contributed by atoms with van der Waals surface area (Å²) < 4.78 is 0. The molecule has 0 saturated carbocycles. The Morgan fingerprint density at radius 1 is 1.41 bits per heavy atom. The molecule has 144 valence electrons. The molecule has 3 amide bonds. The first-order chi connectivity index (χ1) is 12.9. The summed E-state index contributed by atoms with van der Waals surface area (Å²) in [5.74, 6) is 0.689. The average molecular weight is 372 g/mol. The summed E-state index contributed by atoms with van der Waals surface area (Å²) in [6.45, 7) is 4.82. The molecule has 9 nitrogen and oxygen atoms in total. The standard InChI is InChI=1S/C18H24N6O3/c1-11(2)7-8-24-14-15(23(3)18(27)21-16(14)26)20-17(24)22-19-10-12-5-4-6-13(25)9-12/h4-6,9-11,14-15,25H,7-8H2,1-3H3,(H,20,22)(H,21,26,27)/b19-10+. The number of carbonyl (C=O) groups excluding carboxylic acids is 2. The lowest BCUT2D eigenvalue weighted by atomic mass is 10.1. The number of urea groups is 1. The lowest BCUT2D eigenvalue weighted by molar-refractivity contribution is -0.127. The number of hydrazone groups is 1. The van der Waals surface area contributed by atoms with Gasteiger partial charge in [0.15, 0.2) is 12.2 Å². The van der Waals surface area contributed by atoms with Gasteiger partial charge in [0.1, 0.15) is 5.75 Å². The number of hydrogen-bond donors (Lipinski definition) is 3. The molecular formula is C18H24N6O3. The maximum absolute atomic E-state index is 12.4. The molecule has 3 N–H and O–H groups in total. The first kappa shape index (κ1) is 18.7. The first-order valence-corrected chi connectivity index (χ1v) is 8.87. The average Bonchev–Trinajstić information content (AvgIpc) is 2.97. The molecule has 0 spiro atoms. The van der Waals surface area contributed by atoms with Gasteiger partial charge in [-0.25, -0.2) is 15.2 Å². The number of amides is 3. The van der Waals surface area contributed by atoms with E-state index in [0.717, 1.165) is 12.0 Å². The Morgan fingerprint density at radius 2 is 2.19 bits per heavy atom. The molecule has 9 heteroatoms. The lowest BCUT2D eigenvalue weighted by Crippen LogP contribution is -2.64. The highest BCUT2D eigenvalue weighted by Crippen LogP contribution is 2.24. The first-order valence-electron chi connectivity index (χ1n) is 8.87. The third-order valence-corrected chi connectivity index (χ3v) is 4.56. The number of aliphatic imine (C=N–C) groups is 1. The summed E-state index contributed by atoms with van der Waals surface area (Å²) in [5, 5.41) is 16.1. The van der Waals surface area contributed by atoms with E-state index in [-0.39, 0.29) is 11.7 Å². The Morgan fingerprint density at radius 3 is 2.89 bits per heavy atom. The van der Waals surface area contributed by atoms with Crippen LogP contribution in [0.25, 0.3) is 0 Å². The number of imide groups is 1. The number of phenolic OH excluding ortho intramolecular Hbond substituents is 1. The van der Waals surface area contributed by atoms with Gasteiger partial charge in [0, 0.05) is 13.6 Å². The molecule has 0 aromatic heterocycles. The van der Waals surface area contributed by atoms with E-state index in [1.165, 1.54) is 4.90 Å². The molecule has 0 aliphatic carbocycles. The molecule has 0 bridgehead atoms. The third kappa shape index (κ3) is 4.02. The predicted octanol–water partition coefficient (Wildman–Crippen LogP) is 0.910. The second-order valence-electron chi connectivity index (χ2n) is 7.06. The van der Waals surface area contributed by atoms with E-state index in [1.807, 2.05) is 4.90 Å². The van der Waals surface area contributed by atoms with Crippen LogP contribution < -0.4 is 10.7 Å². The number of nitrogens with one attached hydrogen (secondary N) is 2. The summed E-state index contributed by atoms with van der Waals surface area (Å²) in [5.41, 5.74) is 3.60. The number of benzene rings is 1. The topological polar surface area (TPSA) is 110 Å². The fourth-order valence-electron chi connectivity index (χ4n) is 3.03. The van der Waals surface area contributed by atoms with Gasteiger partial charge in [-0.1, -0.05) is 26.0 Å². The van der Waals surface area contributed by atoms with Gasteiger partial charge in [0.2, 0.25) is 5.96 Å². The molecule has 0 radical (unpaired) electrons. The summed E-state index contributed by atoms with van der Waals surface area (Å²) in [6.07, 6.45) is 1.84. The van der Waals surface area contributed by atoms with Crippen LogP contribution in [0, 0.1) is 5.92 Å². The van der Waals surface area contributed by atoms with Gasteiger partial charge in [-0.3, -0.25) is 10.1 Å². The maximum atomic E-state index is 12.4. The van der Waals surface area contributed by atoms with Crippen LogP contribution in [0.4, 0.5) is 4.79 Å². The number of aromatic hydroxyl groups is 1. The SMILES string of the molecule is CC(C)CCN1C(N/N=C/c2cccc(O)c2)=NC2C1C(=O)NC(=O)N2C. The normalized spacial score (nSPS) is 22.3. The van der Waals surface area contributed by atoms with E-state index in [4.69, 9.17) is 0 Å². The van der Waals surface area contributed by atoms with Crippen LogP contribution in [0.1, 0.15) is 25.8 Å². The number of likely N-dealkylation sites (N-methyl/N-ethyl adjacent to an activating group) is 1. The van der Waals surface area contributed by atoms with Crippen LogP contribution in [0.2, 0.25) is 0 Å². The van der Waals surface area contributed by atoms with E-state index < -0.39 is 18.2 Å². The van der Waals surface area contributed by atoms with Crippen molar-refractivity contribution in [2.75, 3.05) is 13.6 Å². The molecule has 1 aromatic rings. The van der Waals surface area contributed by atoms with Gasteiger partial charge in [0.05, 0.1) is 6.21 Å². The summed E-state index contributed by atoms with van der Waals surface area (Å²) in [4.78, 5) is 32.1. The molecule has 1 fully saturated rings. The van der Waals surface area contributed by atoms with Crippen molar-refractivity contribution in [1.29, 1.82) is 0 Å². The predicted molar refractivity (Wildman–Crippen MR) is 101 cm³/mol. The van der Waals surface area contributed by atoms with Gasteiger partial charge >= 0.3 is 6.03 Å². The van der Waals surface area contributed by atoms with E-state index in [1.54, 1.807) is 37.5 Å². The maximum Gasteiger partial charge on any atom is 0.325 e. The van der Waals surface area contributed by atoms with E-state index in [2.05, 4.69) is 34.7 Å². The fraction of sp³-hybridized carbons (Fsp3) is 0.444. The van der Waals surface area contributed by atoms with Gasteiger partial charge in [-0.05, 0) is 30.0 Å². The van der Waals surface area contributed by atoms with Gasteiger partial charge in [0.25, 0.3) is 5.91 Å². The number of carbonyl (C=O) groups is 2. The molecule has 1 aromatic carbocycles. The van der Waals surface area contributed by atoms with Gasteiger partial charge in [-0.2, -0.15) is 5.10 Å². The largest absolute Gasteiger partial charge is 0.508 e. The van der Waals surface area contributed by atoms with Gasteiger partial charge in [-0.15, -0.1) is 0 Å². The molecule has 1 saturated heterocycles. The highest BCUT2D eigenvalue weighted by molar-refractivity contribution is 6.03. The van der Waals surface area contributed by atoms with Crippen molar-refractivity contribution in [2.45, 2.75) is 32.5 Å². The minimum Gasteiger partial charge on any atom is -0.508 e. The van der Waals surface area contributed by atoms with Crippen LogP contribution in [-0.2, 0) is 4.79 Å². The number of hydrogen-bond acceptors (Lipinski definition) is 7. The van der Waals surface area contributed by atoms with E-state index >= 15 is 0 Å². The zero-order valence-electron chi connectivity index (χ0n) is 15.6. The van der Waals surface area contributed by atoms with Crippen molar-refractivity contribution in [1.82, 2.24) is 20.5 Å². The van der Waals surface area contributed by atoms with Crippen molar-refractivity contribution >= 4 is 24.1 Å².